The van der Waals surface area contributed by atoms with Crippen LogP contribution in [0.5, 0.6) is 0 Å². The standard InChI is InChI=1S/C13H11Cl2N/c14-12-4-2-1-3-10(12)11-6-5-9(8-16)7-13(11)15/h1-7H,8,16H2. The summed E-state index contributed by atoms with van der Waals surface area (Å²) in [5.41, 5.74) is 8.44. The lowest BCUT2D eigenvalue weighted by atomic mass is 10.0. The van der Waals surface area contributed by atoms with Gasteiger partial charge in [0.1, 0.15) is 0 Å². The molecular weight excluding hydrogens is 241 g/mol. The van der Waals surface area contributed by atoms with Crippen LogP contribution in [0.4, 0.5) is 0 Å². The van der Waals surface area contributed by atoms with Crippen molar-refractivity contribution in [2.24, 2.45) is 5.73 Å². The largest absolute Gasteiger partial charge is 0.326 e. The van der Waals surface area contributed by atoms with E-state index in [1.54, 1.807) is 0 Å². The van der Waals surface area contributed by atoms with Gasteiger partial charge in [-0.2, -0.15) is 0 Å². The molecule has 0 fully saturated rings. The predicted molar refractivity (Wildman–Crippen MR) is 69.8 cm³/mol. The van der Waals surface area contributed by atoms with E-state index in [4.69, 9.17) is 28.9 Å². The summed E-state index contributed by atoms with van der Waals surface area (Å²) in [7, 11) is 0. The minimum absolute atomic E-state index is 0.489. The molecule has 2 aromatic rings. The van der Waals surface area contributed by atoms with Gasteiger partial charge in [0, 0.05) is 27.7 Å². The van der Waals surface area contributed by atoms with Crippen LogP contribution in [-0.4, -0.2) is 0 Å². The SMILES string of the molecule is NCc1ccc(-c2ccccc2Cl)c(Cl)c1. The van der Waals surface area contributed by atoms with E-state index in [0.717, 1.165) is 16.7 Å². The molecule has 0 saturated heterocycles. The first-order chi connectivity index (χ1) is 7.72. The maximum atomic E-state index is 6.20. The molecule has 2 aromatic carbocycles. The van der Waals surface area contributed by atoms with Gasteiger partial charge >= 0.3 is 0 Å². The molecule has 0 spiro atoms. The molecule has 0 aliphatic heterocycles. The van der Waals surface area contributed by atoms with Crippen LogP contribution >= 0.6 is 23.2 Å². The second-order valence-corrected chi connectivity index (χ2v) is 4.31. The first kappa shape index (κ1) is 11.5. The van der Waals surface area contributed by atoms with Crippen LogP contribution in [0.15, 0.2) is 42.5 Å². The van der Waals surface area contributed by atoms with Gasteiger partial charge in [-0.3, -0.25) is 0 Å². The Morgan fingerprint density at radius 2 is 1.56 bits per heavy atom. The van der Waals surface area contributed by atoms with Crippen LogP contribution in [0.25, 0.3) is 11.1 Å². The minimum Gasteiger partial charge on any atom is -0.326 e. The van der Waals surface area contributed by atoms with E-state index < -0.39 is 0 Å². The Balaban J connectivity index is 2.53. The zero-order valence-corrected chi connectivity index (χ0v) is 10.1. The molecule has 2 N–H and O–H groups in total. The van der Waals surface area contributed by atoms with Crippen molar-refractivity contribution >= 4 is 23.2 Å². The molecule has 0 aromatic heterocycles. The maximum absolute atomic E-state index is 6.20. The van der Waals surface area contributed by atoms with Gasteiger partial charge in [0.2, 0.25) is 0 Å². The Morgan fingerprint density at radius 3 is 2.19 bits per heavy atom. The van der Waals surface area contributed by atoms with Crippen molar-refractivity contribution in [1.82, 2.24) is 0 Å². The fourth-order valence-corrected chi connectivity index (χ4v) is 2.13. The summed E-state index contributed by atoms with van der Waals surface area (Å²) in [5, 5.41) is 1.38. The van der Waals surface area contributed by atoms with Crippen LogP contribution in [0.2, 0.25) is 10.0 Å². The van der Waals surface area contributed by atoms with Crippen molar-refractivity contribution in [3.05, 3.63) is 58.1 Å². The highest BCUT2D eigenvalue weighted by Crippen LogP contribution is 2.33. The zero-order chi connectivity index (χ0) is 11.5. The van der Waals surface area contributed by atoms with Crippen molar-refractivity contribution in [3.8, 4) is 11.1 Å². The number of rotatable bonds is 2. The third-order valence-corrected chi connectivity index (χ3v) is 3.08. The highest BCUT2D eigenvalue weighted by Gasteiger charge is 2.07. The van der Waals surface area contributed by atoms with Gasteiger partial charge in [0.25, 0.3) is 0 Å². The Bertz CT molecular complexity index is 509. The van der Waals surface area contributed by atoms with Gasteiger partial charge in [-0.1, -0.05) is 53.5 Å². The first-order valence-electron chi connectivity index (χ1n) is 4.96. The molecule has 0 aliphatic carbocycles. The summed E-state index contributed by atoms with van der Waals surface area (Å²) in [4.78, 5) is 0. The summed E-state index contributed by atoms with van der Waals surface area (Å²) in [6.45, 7) is 0.489. The summed E-state index contributed by atoms with van der Waals surface area (Å²) in [6.07, 6.45) is 0. The highest BCUT2D eigenvalue weighted by atomic mass is 35.5. The molecule has 0 aliphatic rings. The maximum Gasteiger partial charge on any atom is 0.0488 e. The van der Waals surface area contributed by atoms with E-state index in [2.05, 4.69) is 0 Å². The lowest BCUT2D eigenvalue weighted by Crippen LogP contribution is -1.96. The summed E-state index contributed by atoms with van der Waals surface area (Å²) in [5.74, 6) is 0. The Labute approximate surface area is 105 Å². The van der Waals surface area contributed by atoms with Gasteiger partial charge in [0.15, 0.2) is 0 Å². The number of halogens is 2. The molecule has 3 heteroatoms. The topological polar surface area (TPSA) is 26.0 Å². The molecular formula is C13H11Cl2N. The van der Waals surface area contributed by atoms with Crippen LogP contribution in [0, 0.1) is 0 Å². The van der Waals surface area contributed by atoms with Crippen molar-refractivity contribution in [2.75, 3.05) is 0 Å². The predicted octanol–water partition coefficient (Wildman–Crippen LogP) is 4.12. The summed E-state index contributed by atoms with van der Waals surface area (Å²) >= 11 is 12.3. The van der Waals surface area contributed by atoms with Crippen LogP contribution in [-0.2, 0) is 6.54 Å². The molecule has 0 heterocycles. The molecule has 0 bridgehead atoms. The molecule has 0 amide bonds. The van der Waals surface area contributed by atoms with Crippen LogP contribution in [0.3, 0.4) is 0 Å². The molecule has 0 atom stereocenters. The third-order valence-electron chi connectivity index (χ3n) is 2.43. The van der Waals surface area contributed by atoms with E-state index in [9.17, 15) is 0 Å². The van der Waals surface area contributed by atoms with E-state index in [-0.39, 0.29) is 0 Å². The minimum atomic E-state index is 0.489. The van der Waals surface area contributed by atoms with Gasteiger partial charge in [-0.25, -0.2) is 0 Å². The summed E-state index contributed by atoms with van der Waals surface area (Å²) in [6, 6.07) is 13.4. The van der Waals surface area contributed by atoms with Crippen molar-refractivity contribution in [3.63, 3.8) is 0 Å². The molecule has 0 unspecified atom stereocenters. The Hall–Kier alpha value is -1.02. The normalized spacial score (nSPS) is 10.4. The second kappa shape index (κ2) is 4.88. The molecule has 2 rings (SSSR count). The van der Waals surface area contributed by atoms with E-state index >= 15 is 0 Å². The average molecular weight is 252 g/mol. The van der Waals surface area contributed by atoms with Crippen molar-refractivity contribution in [1.29, 1.82) is 0 Å². The number of nitrogens with two attached hydrogens (primary N) is 1. The zero-order valence-electron chi connectivity index (χ0n) is 8.58. The fraction of sp³-hybridized carbons (Fsp3) is 0.0769. The number of benzene rings is 2. The first-order valence-corrected chi connectivity index (χ1v) is 5.71. The molecule has 0 radical (unpaired) electrons. The van der Waals surface area contributed by atoms with Gasteiger partial charge in [-0.05, 0) is 17.7 Å². The molecule has 1 nitrogen and oxygen atoms in total. The molecule has 0 saturated carbocycles. The van der Waals surface area contributed by atoms with Gasteiger partial charge < -0.3 is 5.73 Å². The van der Waals surface area contributed by atoms with E-state index in [1.807, 2.05) is 42.5 Å². The lowest BCUT2D eigenvalue weighted by Gasteiger charge is -2.08. The lowest BCUT2D eigenvalue weighted by molar-refractivity contribution is 1.07. The van der Waals surface area contributed by atoms with Crippen molar-refractivity contribution < 1.29 is 0 Å². The second-order valence-electron chi connectivity index (χ2n) is 3.50. The summed E-state index contributed by atoms with van der Waals surface area (Å²) < 4.78 is 0. The fourth-order valence-electron chi connectivity index (χ4n) is 1.58. The third kappa shape index (κ3) is 2.22. The van der Waals surface area contributed by atoms with Gasteiger partial charge in [-0.15, -0.1) is 0 Å². The van der Waals surface area contributed by atoms with Crippen molar-refractivity contribution in [2.45, 2.75) is 6.54 Å². The van der Waals surface area contributed by atoms with Crippen LogP contribution in [0.1, 0.15) is 5.56 Å². The van der Waals surface area contributed by atoms with Crippen LogP contribution < -0.4 is 5.73 Å². The van der Waals surface area contributed by atoms with Gasteiger partial charge in [0.05, 0.1) is 0 Å². The molecule has 82 valence electrons. The van der Waals surface area contributed by atoms with E-state index in [1.165, 1.54) is 0 Å². The number of hydrogen-bond donors (Lipinski definition) is 1. The smallest absolute Gasteiger partial charge is 0.0488 e. The quantitative estimate of drug-likeness (QED) is 0.854. The monoisotopic (exact) mass is 251 g/mol. The molecule has 16 heavy (non-hydrogen) atoms. The van der Waals surface area contributed by atoms with E-state index in [0.29, 0.717) is 16.6 Å². The highest BCUT2D eigenvalue weighted by molar-refractivity contribution is 6.36. The Morgan fingerprint density at radius 1 is 0.875 bits per heavy atom. The number of hydrogen-bond acceptors (Lipinski definition) is 1. The Kier molecular flexibility index (Phi) is 3.49. The average Bonchev–Trinajstić information content (AvgIpc) is 2.30.